The molecule has 3 aliphatic rings. The van der Waals surface area contributed by atoms with E-state index in [-0.39, 0.29) is 24.3 Å². The van der Waals surface area contributed by atoms with Gasteiger partial charge in [-0.05, 0) is 44.1 Å². The predicted molar refractivity (Wildman–Crippen MR) is 129 cm³/mol. The molecular weight excluding hydrogens is 448 g/mol. The van der Waals surface area contributed by atoms with Crippen LogP contribution in [0, 0.1) is 17.8 Å². The van der Waals surface area contributed by atoms with Crippen LogP contribution < -0.4 is 0 Å². The van der Waals surface area contributed by atoms with Gasteiger partial charge in [-0.2, -0.15) is 0 Å². The summed E-state index contributed by atoms with van der Waals surface area (Å²) in [7, 11) is 0. The van der Waals surface area contributed by atoms with E-state index in [4.69, 9.17) is 9.84 Å². The average Bonchev–Trinajstić information content (AvgIpc) is 3.33. The first kappa shape index (κ1) is 25.4. The number of fused-ring (bicyclic) bond motifs is 1. The highest BCUT2D eigenvalue weighted by atomic mass is 16.5. The Hall–Kier alpha value is -2.71. The number of aliphatic hydroxyl groups excluding tert-OH is 1. The van der Waals surface area contributed by atoms with Crippen LogP contribution in [0.5, 0.6) is 0 Å². The molecule has 3 fully saturated rings. The molecule has 1 spiro atoms. The molecule has 0 saturated carbocycles. The molecule has 2 N–H and O–H groups in total. The topological polar surface area (TPSA) is 107 Å². The molecule has 0 radical (unpaired) electrons. The van der Waals surface area contributed by atoms with Gasteiger partial charge in [0.25, 0.3) is 0 Å². The Bertz CT molecular complexity index is 983. The van der Waals surface area contributed by atoms with Gasteiger partial charge < -0.3 is 24.7 Å². The van der Waals surface area contributed by atoms with Gasteiger partial charge in [-0.25, -0.2) is 0 Å². The van der Waals surface area contributed by atoms with Gasteiger partial charge in [-0.15, -0.1) is 6.58 Å². The SMILES string of the molecule is C=CCN(Cc1ccccc1)C(=O)C1N(CCCCCO)C(=O)[C@@H]2[C@@H](C(=O)O)[C@]3(C)OC12CC3C. The third-order valence-corrected chi connectivity index (χ3v) is 8.25. The second-order valence-corrected chi connectivity index (χ2v) is 10.4. The van der Waals surface area contributed by atoms with Gasteiger partial charge in [0.2, 0.25) is 11.8 Å². The van der Waals surface area contributed by atoms with Crippen molar-refractivity contribution in [3.05, 3.63) is 48.6 Å². The summed E-state index contributed by atoms with van der Waals surface area (Å²) in [6, 6.07) is 8.72. The molecule has 0 aromatic heterocycles. The molecule has 3 aliphatic heterocycles. The lowest BCUT2D eigenvalue weighted by molar-refractivity contribution is -0.158. The summed E-state index contributed by atoms with van der Waals surface area (Å²) in [5.74, 6) is -3.62. The minimum Gasteiger partial charge on any atom is -0.481 e. The van der Waals surface area contributed by atoms with Crippen molar-refractivity contribution >= 4 is 17.8 Å². The van der Waals surface area contributed by atoms with E-state index in [1.807, 2.05) is 37.3 Å². The van der Waals surface area contributed by atoms with Crippen LogP contribution in [0.4, 0.5) is 0 Å². The molecule has 35 heavy (non-hydrogen) atoms. The van der Waals surface area contributed by atoms with Gasteiger partial charge in [0, 0.05) is 26.2 Å². The summed E-state index contributed by atoms with van der Waals surface area (Å²) in [6.07, 6.45) is 4.05. The normalized spacial score (nSPS) is 33.1. The Kier molecular flexibility index (Phi) is 7.06. The van der Waals surface area contributed by atoms with E-state index in [1.54, 1.807) is 22.8 Å². The number of amides is 2. The van der Waals surface area contributed by atoms with Crippen molar-refractivity contribution in [1.29, 1.82) is 0 Å². The van der Waals surface area contributed by atoms with Crippen molar-refractivity contribution in [2.75, 3.05) is 19.7 Å². The van der Waals surface area contributed by atoms with Crippen LogP contribution in [0.25, 0.3) is 0 Å². The summed E-state index contributed by atoms with van der Waals surface area (Å²) >= 11 is 0. The smallest absolute Gasteiger partial charge is 0.310 e. The second kappa shape index (κ2) is 9.74. The highest BCUT2D eigenvalue weighted by molar-refractivity contribution is 5.98. The molecular formula is C27H36N2O6. The number of carboxylic acid groups (broad SMARTS) is 1. The van der Waals surface area contributed by atoms with Crippen LogP contribution >= 0.6 is 0 Å². The fourth-order valence-electron chi connectivity index (χ4n) is 6.57. The number of likely N-dealkylation sites (tertiary alicyclic amines) is 1. The number of hydrogen-bond acceptors (Lipinski definition) is 5. The molecule has 2 amide bonds. The number of carbonyl (C=O) groups excluding carboxylic acids is 2. The maximum Gasteiger partial charge on any atom is 0.310 e. The number of aliphatic hydroxyl groups is 1. The Morgan fingerprint density at radius 2 is 1.97 bits per heavy atom. The summed E-state index contributed by atoms with van der Waals surface area (Å²) in [5, 5.41) is 19.3. The Morgan fingerprint density at radius 3 is 2.60 bits per heavy atom. The number of benzene rings is 1. The van der Waals surface area contributed by atoms with E-state index in [1.165, 1.54) is 0 Å². The van der Waals surface area contributed by atoms with Gasteiger partial charge in [0.1, 0.15) is 17.6 Å². The van der Waals surface area contributed by atoms with E-state index in [2.05, 4.69) is 6.58 Å². The molecule has 3 heterocycles. The Morgan fingerprint density at radius 1 is 1.26 bits per heavy atom. The molecule has 0 aliphatic carbocycles. The highest BCUT2D eigenvalue weighted by Gasteiger charge is 2.80. The van der Waals surface area contributed by atoms with Crippen molar-refractivity contribution in [3.8, 4) is 0 Å². The summed E-state index contributed by atoms with van der Waals surface area (Å²) in [6.45, 7) is 8.57. The second-order valence-electron chi connectivity index (χ2n) is 10.4. The third kappa shape index (κ3) is 4.06. The summed E-state index contributed by atoms with van der Waals surface area (Å²) in [4.78, 5) is 43.7. The predicted octanol–water partition coefficient (Wildman–Crippen LogP) is 2.46. The average molecular weight is 485 g/mol. The maximum atomic E-state index is 14.2. The highest BCUT2D eigenvalue weighted by Crippen LogP contribution is 2.65. The van der Waals surface area contributed by atoms with Crippen molar-refractivity contribution in [2.24, 2.45) is 17.8 Å². The zero-order valence-electron chi connectivity index (χ0n) is 20.6. The first-order valence-corrected chi connectivity index (χ1v) is 12.5. The number of rotatable bonds is 11. The molecule has 3 saturated heterocycles. The molecule has 190 valence electrons. The fraction of sp³-hybridized carbons (Fsp3) is 0.593. The van der Waals surface area contributed by atoms with E-state index in [0.717, 1.165) is 5.56 Å². The first-order valence-electron chi connectivity index (χ1n) is 12.5. The monoisotopic (exact) mass is 484 g/mol. The zero-order valence-corrected chi connectivity index (χ0v) is 20.6. The summed E-state index contributed by atoms with van der Waals surface area (Å²) < 4.78 is 6.54. The molecule has 4 rings (SSSR count). The lowest BCUT2D eigenvalue weighted by Crippen LogP contribution is -2.56. The van der Waals surface area contributed by atoms with Gasteiger partial charge in [0.15, 0.2) is 0 Å². The van der Waals surface area contributed by atoms with Crippen LogP contribution in [-0.4, -0.2) is 74.7 Å². The van der Waals surface area contributed by atoms with Gasteiger partial charge in [0.05, 0.1) is 11.5 Å². The van der Waals surface area contributed by atoms with Crippen molar-refractivity contribution in [2.45, 2.75) is 63.3 Å². The van der Waals surface area contributed by atoms with Crippen LogP contribution in [0.3, 0.4) is 0 Å². The van der Waals surface area contributed by atoms with Gasteiger partial charge in [-0.3, -0.25) is 14.4 Å². The van der Waals surface area contributed by atoms with Crippen LogP contribution in [-0.2, 0) is 25.7 Å². The Labute approximate surface area is 206 Å². The molecule has 6 atom stereocenters. The standard InChI is InChI=1S/C27H36N2O6/c1-4-13-28(17-19-11-7-5-8-12-19)24(32)22-27-16-18(2)26(3,35-27)21(25(33)34)20(27)23(31)29(22)14-9-6-10-15-30/h4-5,7-8,11-12,18,20-22,30H,1,6,9-10,13-17H2,2-3H3,(H,33,34)/t18?,20-,21-,22?,26+,27?/m0/s1. The van der Waals surface area contributed by atoms with Gasteiger partial charge >= 0.3 is 5.97 Å². The van der Waals surface area contributed by atoms with Crippen molar-refractivity contribution < 1.29 is 29.3 Å². The van der Waals surface area contributed by atoms with E-state index < -0.39 is 35.0 Å². The minimum atomic E-state index is -1.17. The number of nitrogens with zero attached hydrogens (tertiary/aromatic N) is 2. The number of unbranched alkanes of at least 4 members (excludes halogenated alkanes) is 2. The molecule has 3 unspecified atom stereocenters. The number of hydrogen-bond donors (Lipinski definition) is 2. The molecule has 1 aromatic rings. The van der Waals surface area contributed by atoms with Gasteiger partial charge in [-0.1, -0.05) is 43.3 Å². The number of aliphatic carboxylic acids is 1. The van der Waals surface area contributed by atoms with Crippen molar-refractivity contribution in [3.63, 3.8) is 0 Å². The lowest BCUT2D eigenvalue weighted by atomic mass is 9.62. The minimum absolute atomic E-state index is 0.0626. The van der Waals surface area contributed by atoms with Crippen molar-refractivity contribution in [1.82, 2.24) is 9.80 Å². The third-order valence-electron chi connectivity index (χ3n) is 8.25. The fourth-order valence-corrected chi connectivity index (χ4v) is 6.57. The molecule has 2 bridgehead atoms. The number of ether oxygens (including phenoxy) is 1. The van der Waals surface area contributed by atoms with E-state index in [0.29, 0.717) is 45.3 Å². The van der Waals surface area contributed by atoms with E-state index in [9.17, 15) is 19.5 Å². The first-order chi connectivity index (χ1) is 16.7. The van der Waals surface area contributed by atoms with Crippen LogP contribution in [0.15, 0.2) is 43.0 Å². The Balaban J connectivity index is 1.73. The lowest BCUT2D eigenvalue weighted by Gasteiger charge is -2.37. The van der Waals surface area contributed by atoms with Crippen LogP contribution in [0.1, 0.15) is 45.1 Å². The number of carbonyl (C=O) groups is 3. The largest absolute Gasteiger partial charge is 0.481 e. The molecule has 1 aromatic carbocycles. The van der Waals surface area contributed by atoms with Crippen LogP contribution in [0.2, 0.25) is 0 Å². The summed E-state index contributed by atoms with van der Waals surface area (Å²) in [5.41, 5.74) is -1.22. The number of carboxylic acids is 1. The molecule has 8 heteroatoms. The maximum absolute atomic E-state index is 14.2. The quantitative estimate of drug-likeness (QED) is 0.369. The molecule has 8 nitrogen and oxygen atoms in total. The zero-order chi connectivity index (χ0) is 25.4. The van der Waals surface area contributed by atoms with E-state index >= 15 is 0 Å².